The zero-order chi connectivity index (χ0) is 23.8. The highest BCUT2D eigenvalue weighted by Gasteiger charge is 2.53. The topological polar surface area (TPSA) is 216 Å². The average molecular weight is 462 g/mol. The molecule has 0 saturated carbocycles. The Morgan fingerprint density at radius 3 is 2.25 bits per heavy atom. The van der Waals surface area contributed by atoms with Crippen molar-refractivity contribution in [3.8, 4) is 17.2 Å². The van der Waals surface area contributed by atoms with Gasteiger partial charge in [-0.25, -0.2) is 0 Å². The fourth-order valence-electron chi connectivity index (χ4n) is 3.51. The summed E-state index contributed by atoms with van der Waals surface area (Å²) in [6.07, 6.45) is -11.1. The maximum atomic E-state index is 11.5. The van der Waals surface area contributed by atoms with E-state index in [-0.39, 0.29) is 11.3 Å². The molecule has 0 amide bonds. The first-order valence-corrected chi connectivity index (χ1v) is 9.66. The van der Waals surface area contributed by atoms with Gasteiger partial charge in [-0.15, -0.1) is 0 Å². The molecule has 1 aromatic carbocycles. The van der Waals surface area contributed by atoms with Gasteiger partial charge in [-0.1, -0.05) is 0 Å². The predicted octanol–water partition coefficient (Wildman–Crippen LogP) is -3.06. The van der Waals surface area contributed by atoms with E-state index >= 15 is 0 Å². The molecule has 32 heavy (non-hydrogen) atoms. The van der Waals surface area contributed by atoms with E-state index in [0.717, 1.165) is 19.1 Å². The fourth-order valence-corrected chi connectivity index (χ4v) is 3.51. The molecule has 3 rings (SSSR count). The normalized spacial score (nSPS) is 37.4. The molecule has 8 atom stereocenters. The maximum absolute atomic E-state index is 11.5. The number of phenolic OH excluding ortho intramolecular Hbond substituents is 2. The van der Waals surface area contributed by atoms with Gasteiger partial charge >= 0.3 is 0 Å². The summed E-state index contributed by atoms with van der Waals surface area (Å²) in [6.45, 7) is -0.903. The minimum absolute atomic E-state index is 0.219. The average Bonchev–Trinajstić information content (AvgIpc) is 3.01. The molecule has 1 aromatic rings. The highest BCUT2D eigenvalue weighted by atomic mass is 16.8. The molecule has 0 bridgehead atoms. The Balaban J connectivity index is 1.86. The number of aliphatic hydroxyl groups is 6. The third-order valence-corrected chi connectivity index (χ3v) is 5.37. The zero-order valence-corrected chi connectivity index (χ0v) is 16.9. The van der Waals surface area contributed by atoms with Crippen molar-refractivity contribution in [2.24, 2.45) is 0 Å². The van der Waals surface area contributed by atoms with Crippen molar-refractivity contribution < 1.29 is 64.6 Å². The highest BCUT2D eigenvalue weighted by Crippen LogP contribution is 2.36. The number of benzene rings is 1. The van der Waals surface area contributed by atoms with Crippen LogP contribution in [0.5, 0.6) is 17.2 Å². The summed E-state index contributed by atoms with van der Waals surface area (Å²) in [7, 11) is 0. The Morgan fingerprint density at radius 2 is 1.75 bits per heavy atom. The largest absolute Gasteiger partial charge is 0.507 e. The number of aromatic hydroxyl groups is 2. The van der Waals surface area contributed by atoms with Gasteiger partial charge < -0.3 is 59.8 Å². The van der Waals surface area contributed by atoms with Crippen LogP contribution in [-0.4, -0.2) is 115 Å². The molecular weight excluding hydrogens is 436 g/mol. The van der Waals surface area contributed by atoms with E-state index in [2.05, 4.69) is 0 Å². The Labute approximate surface area is 181 Å². The van der Waals surface area contributed by atoms with Crippen molar-refractivity contribution in [2.75, 3.05) is 19.8 Å². The molecule has 13 nitrogen and oxygen atoms in total. The molecule has 8 N–H and O–H groups in total. The summed E-state index contributed by atoms with van der Waals surface area (Å²) in [5.41, 5.74) is -2.36. The van der Waals surface area contributed by atoms with Gasteiger partial charge in [0.05, 0.1) is 19.8 Å². The summed E-state index contributed by atoms with van der Waals surface area (Å²) in [4.78, 5) is 11.5. The monoisotopic (exact) mass is 462 g/mol. The minimum atomic E-state index is -2.02. The Hall–Kier alpha value is -2.07. The van der Waals surface area contributed by atoms with Crippen LogP contribution in [0.2, 0.25) is 0 Å². The van der Waals surface area contributed by atoms with Crippen LogP contribution < -0.4 is 4.74 Å². The lowest BCUT2D eigenvalue weighted by atomic mass is 9.98. The molecule has 0 radical (unpaired) electrons. The van der Waals surface area contributed by atoms with Crippen molar-refractivity contribution in [3.63, 3.8) is 0 Å². The van der Waals surface area contributed by atoms with Gasteiger partial charge in [0.15, 0.2) is 18.2 Å². The van der Waals surface area contributed by atoms with E-state index in [0.29, 0.717) is 0 Å². The lowest BCUT2D eigenvalue weighted by molar-refractivity contribution is -0.318. The van der Waals surface area contributed by atoms with Gasteiger partial charge in [0.25, 0.3) is 0 Å². The third-order valence-electron chi connectivity index (χ3n) is 5.37. The molecule has 8 unspecified atom stereocenters. The van der Waals surface area contributed by atoms with Crippen molar-refractivity contribution in [3.05, 3.63) is 17.7 Å². The lowest BCUT2D eigenvalue weighted by Gasteiger charge is -2.42. The summed E-state index contributed by atoms with van der Waals surface area (Å²) in [6, 6.07) is 1.99. The SMILES string of the molecule is CC(=O)c1c(O)cc(OC2OC(CO)C(O)C(O)C2OC2OCC(O)(CO)C2O)cc1O. The Morgan fingerprint density at radius 1 is 1.12 bits per heavy atom. The number of hydrogen-bond donors (Lipinski definition) is 8. The van der Waals surface area contributed by atoms with E-state index in [1.165, 1.54) is 0 Å². The highest BCUT2D eigenvalue weighted by molar-refractivity contribution is 5.99. The molecule has 180 valence electrons. The van der Waals surface area contributed by atoms with Crippen LogP contribution in [0.1, 0.15) is 17.3 Å². The van der Waals surface area contributed by atoms with Crippen molar-refractivity contribution in [1.82, 2.24) is 0 Å². The van der Waals surface area contributed by atoms with Gasteiger partial charge in [0.1, 0.15) is 52.8 Å². The molecule has 0 spiro atoms. The number of phenols is 2. The minimum Gasteiger partial charge on any atom is -0.507 e. The first kappa shape index (κ1) is 24.6. The lowest BCUT2D eigenvalue weighted by Crippen LogP contribution is -2.62. The van der Waals surface area contributed by atoms with Crippen molar-refractivity contribution in [2.45, 2.75) is 55.6 Å². The molecule has 2 saturated heterocycles. The van der Waals surface area contributed by atoms with Crippen LogP contribution in [0, 0.1) is 0 Å². The van der Waals surface area contributed by atoms with Crippen LogP contribution in [0.4, 0.5) is 0 Å². The molecule has 13 heteroatoms. The van der Waals surface area contributed by atoms with E-state index in [1.807, 2.05) is 0 Å². The number of ether oxygens (including phenoxy) is 4. The van der Waals surface area contributed by atoms with Crippen LogP contribution in [0.25, 0.3) is 0 Å². The van der Waals surface area contributed by atoms with Gasteiger partial charge in [-0.05, 0) is 6.92 Å². The van der Waals surface area contributed by atoms with E-state index in [1.54, 1.807) is 0 Å². The molecule has 2 heterocycles. The van der Waals surface area contributed by atoms with E-state index < -0.39 is 85.8 Å². The third kappa shape index (κ3) is 4.52. The number of rotatable bonds is 7. The summed E-state index contributed by atoms with van der Waals surface area (Å²) in [5.74, 6) is -2.02. The van der Waals surface area contributed by atoms with E-state index in [9.17, 15) is 45.6 Å². The molecule has 2 aliphatic rings. The van der Waals surface area contributed by atoms with Gasteiger partial charge in [-0.2, -0.15) is 0 Å². The van der Waals surface area contributed by atoms with Gasteiger partial charge in [0, 0.05) is 12.1 Å². The quantitative estimate of drug-likeness (QED) is 0.189. The van der Waals surface area contributed by atoms with Crippen LogP contribution in [0.3, 0.4) is 0 Å². The predicted molar refractivity (Wildman–Crippen MR) is 101 cm³/mol. The van der Waals surface area contributed by atoms with Crippen LogP contribution >= 0.6 is 0 Å². The number of carbonyl (C=O) groups is 1. The van der Waals surface area contributed by atoms with Gasteiger partial charge in [-0.3, -0.25) is 4.79 Å². The molecule has 2 aliphatic heterocycles. The second-order valence-electron chi connectivity index (χ2n) is 7.70. The number of hydrogen-bond acceptors (Lipinski definition) is 13. The molecule has 2 fully saturated rings. The van der Waals surface area contributed by atoms with Crippen LogP contribution in [0.15, 0.2) is 12.1 Å². The second kappa shape index (κ2) is 9.43. The van der Waals surface area contributed by atoms with Crippen molar-refractivity contribution >= 4 is 5.78 Å². The maximum Gasteiger partial charge on any atom is 0.229 e. The number of aliphatic hydroxyl groups excluding tert-OH is 5. The fraction of sp³-hybridized carbons (Fsp3) is 0.632. The molecule has 0 aromatic heterocycles. The summed E-state index contributed by atoms with van der Waals surface area (Å²) in [5, 5.41) is 79.7. The smallest absolute Gasteiger partial charge is 0.229 e. The van der Waals surface area contributed by atoms with Gasteiger partial charge in [0.2, 0.25) is 6.29 Å². The summed E-state index contributed by atoms with van der Waals surface area (Å²) >= 11 is 0. The number of carbonyl (C=O) groups excluding carboxylic acids is 1. The van der Waals surface area contributed by atoms with Crippen LogP contribution in [-0.2, 0) is 14.2 Å². The standard InChI is InChI=1S/C19H26O13/c1-7(22)12-9(23)2-8(3-10(12)24)30-17-15(14(26)13(25)11(4-20)31-17)32-18-16(27)19(28,5-21)6-29-18/h2-3,11,13-18,20-21,23-28H,4-6H2,1H3. The number of Topliss-reactive ketones (excluding diaryl/α,β-unsaturated/α-hetero) is 1. The number of ketones is 1. The zero-order valence-electron chi connectivity index (χ0n) is 16.9. The van der Waals surface area contributed by atoms with E-state index in [4.69, 9.17) is 18.9 Å². The summed E-state index contributed by atoms with van der Waals surface area (Å²) < 4.78 is 21.6. The molecular formula is C19H26O13. The first-order chi connectivity index (χ1) is 15.0. The first-order valence-electron chi connectivity index (χ1n) is 9.66. The molecule has 0 aliphatic carbocycles. The Bertz CT molecular complexity index is 808. The van der Waals surface area contributed by atoms with Crippen molar-refractivity contribution in [1.29, 1.82) is 0 Å². The second-order valence-corrected chi connectivity index (χ2v) is 7.70. The Kier molecular flexibility index (Phi) is 7.24.